The maximum atomic E-state index is 4.25. The lowest BCUT2D eigenvalue weighted by Crippen LogP contribution is -2.19. The number of aromatic nitrogens is 3. The minimum absolute atomic E-state index is 0.737. The number of hydrogen-bond donors (Lipinski definition) is 1. The molecule has 0 aliphatic heterocycles. The van der Waals surface area contributed by atoms with Gasteiger partial charge in [-0.05, 0) is 19.1 Å². The van der Waals surface area contributed by atoms with E-state index < -0.39 is 0 Å². The van der Waals surface area contributed by atoms with Gasteiger partial charge in [-0.3, -0.25) is 0 Å². The van der Waals surface area contributed by atoms with E-state index in [1.807, 2.05) is 16.4 Å². The molecular weight excluding hydrogens is 196 g/mol. The zero-order valence-corrected chi connectivity index (χ0v) is 9.26. The second-order valence-electron chi connectivity index (χ2n) is 3.55. The minimum Gasteiger partial charge on any atom is -0.307 e. The predicted octanol–water partition coefficient (Wildman–Crippen LogP) is 0.893. The van der Waals surface area contributed by atoms with Gasteiger partial charge in [0, 0.05) is 11.8 Å². The fourth-order valence-corrected chi connectivity index (χ4v) is 1.67. The van der Waals surface area contributed by atoms with Gasteiger partial charge >= 0.3 is 0 Å². The van der Waals surface area contributed by atoms with E-state index in [9.17, 15) is 0 Å². The van der Waals surface area contributed by atoms with Crippen LogP contribution < -0.4 is 5.32 Å². The normalized spacial score (nSPS) is 16.1. The fourth-order valence-electron chi connectivity index (χ4n) is 1.31. The number of nitrogens with zero attached hydrogens (tertiary/aromatic N) is 3. The molecule has 0 atom stereocenters. The van der Waals surface area contributed by atoms with Gasteiger partial charge in [-0.2, -0.15) is 16.9 Å². The third kappa shape index (κ3) is 2.72. The van der Waals surface area contributed by atoms with Gasteiger partial charge in [-0.1, -0.05) is 0 Å². The quantitative estimate of drug-likeness (QED) is 0.760. The van der Waals surface area contributed by atoms with Gasteiger partial charge in [0.2, 0.25) is 0 Å². The van der Waals surface area contributed by atoms with Crippen molar-refractivity contribution in [3.8, 4) is 0 Å². The molecule has 1 heterocycles. The number of aryl methyl sites for hydroxylation is 1. The summed E-state index contributed by atoms with van der Waals surface area (Å²) in [6, 6.07) is 0.737. The van der Waals surface area contributed by atoms with E-state index in [0.29, 0.717) is 0 Å². The van der Waals surface area contributed by atoms with E-state index >= 15 is 0 Å². The summed E-state index contributed by atoms with van der Waals surface area (Å²) in [6.45, 7) is 1.82. The van der Waals surface area contributed by atoms with Gasteiger partial charge < -0.3 is 5.32 Å². The summed E-state index contributed by atoms with van der Waals surface area (Å²) in [5.41, 5.74) is 0. The standard InChI is InChI=1S/C9H16N4S/c1-14-5-4-13-9(11-7-12-13)6-10-8-2-3-8/h7-8,10H,2-6H2,1H3. The molecule has 1 aliphatic carbocycles. The highest BCUT2D eigenvalue weighted by molar-refractivity contribution is 7.98. The number of nitrogens with one attached hydrogen (secondary N) is 1. The van der Waals surface area contributed by atoms with Crippen molar-refractivity contribution >= 4 is 11.8 Å². The molecule has 2 rings (SSSR count). The lowest BCUT2D eigenvalue weighted by molar-refractivity contribution is 0.574. The van der Waals surface area contributed by atoms with E-state index in [1.54, 1.807) is 6.33 Å². The van der Waals surface area contributed by atoms with Crippen LogP contribution >= 0.6 is 11.8 Å². The van der Waals surface area contributed by atoms with Crippen LogP contribution in [0.25, 0.3) is 0 Å². The second-order valence-corrected chi connectivity index (χ2v) is 4.53. The first-order valence-corrected chi connectivity index (χ1v) is 6.38. The molecule has 1 aromatic heterocycles. The van der Waals surface area contributed by atoms with Crippen molar-refractivity contribution < 1.29 is 0 Å². The van der Waals surface area contributed by atoms with Gasteiger partial charge in [0.25, 0.3) is 0 Å². The Bertz CT molecular complexity index is 282. The zero-order valence-electron chi connectivity index (χ0n) is 8.44. The lowest BCUT2D eigenvalue weighted by atomic mass is 10.5. The Morgan fingerprint density at radius 1 is 1.64 bits per heavy atom. The molecule has 0 spiro atoms. The Morgan fingerprint density at radius 3 is 3.21 bits per heavy atom. The maximum Gasteiger partial charge on any atom is 0.140 e. The highest BCUT2D eigenvalue weighted by Crippen LogP contribution is 2.18. The van der Waals surface area contributed by atoms with Crippen LogP contribution in [0.4, 0.5) is 0 Å². The van der Waals surface area contributed by atoms with E-state index in [-0.39, 0.29) is 0 Å². The summed E-state index contributed by atoms with van der Waals surface area (Å²) in [4.78, 5) is 4.25. The summed E-state index contributed by atoms with van der Waals surface area (Å²) in [6.07, 6.45) is 6.39. The van der Waals surface area contributed by atoms with Crippen LogP contribution in [0, 0.1) is 0 Å². The van der Waals surface area contributed by atoms with Crippen molar-refractivity contribution in [1.29, 1.82) is 0 Å². The minimum atomic E-state index is 0.737. The SMILES string of the molecule is CSCCn1ncnc1CNC1CC1. The largest absolute Gasteiger partial charge is 0.307 e. The molecule has 0 unspecified atom stereocenters. The van der Waals surface area contributed by atoms with Crippen molar-refractivity contribution in [2.45, 2.75) is 32.0 Å². The van der Waals surface area contributed by atoms with Crippen LogP contribution in [0.3, 0.4) is 0 Å². The van der Waals surface area contributed by atoms with Gasteiger partial charge in [0.1, 0.15) is 12.2 Å². The average Bonchev–Trinajstić information content (AvgIpc) is 2.92. The van der Waals surface area contributed by atoms with Crippen LogP contribution in [-0.2, 0) is 13.1 Å². The summed E-state index contributed by atoms with van der Waals surface area (Å²) < 4.78 is 1.99. The Labute approximate surface area is 88.5 Å². The molecule has 0 amide bonds. The van der Waals surface area contributed by atoms with E-state index in [2.05, 4.69) is 21.7 Å². The van der Waals surface area contributed by atoms with Crippen molar-refractivity contribution in [2.75, 3.05) is 12.0 Å². The predicted molar refractivity (Wildman–Crippen MR) is 58.3 cm³/mol. The molecule has 0 saturated heterocycles. The highest BCUT2D eigenvalue weighted by Gasteiger charge is 2.20. The fraction of sp³-hybridized carbons (Fsp3) is 0.778. The first-order valence-electron chi connectivity index (χ1n) is 4.99. The molecule has 14 heavy (non-hydrogen) atoms. The summed E-state index contributed by atoms with van der Waals surface area (Å²) >= 11 is 1.84. The Kier molecular flexibility index (Phi) is 3.42. The smallest absolute Gasteiger partial charge is 0.140 e. The van der Waals surface area contributed by atoms with E-state index in [4.69, 9.17) is 0 Å². The third-order valence-electron chi connectivity index (χ3n) is 2.33. The molecule has 0 aromatic carbocycles. The molecule has 0 radical (unpaired) electrons. The monoisotopic (exact) mass is 212 g/mol. The van der Waals surface area contributed by atoms with Crippen LogP contribution in [-0.4, -0.2) is 32.8 Å². The van der Waals surface area contributed by atoms with Crippen molar-refractivity contribution in [1.82, 2.24) is 20.1 Å². The molecule has 5 heteroatoms. The van der Waals surface area contributed by atoms with Crippen LogP contribution in [0.1, 0.15) is 18.7 Å². The molecule has 1 aromatic rings. The maximum absolute atomic E-state index is 4.25. The summed E-state index contributed by atoms with van der Waals surface area (Å²) in [7, 11) is 0. The van der Waals surface area contributed by atoms with Crippen LogP contribution in [0.2, 0.25) is 0 Å². The molecule has 0 bridgehead atoms. The first kappa shape index (κ1) is 9.98. The molecule has 78 valence electrons. The average molecular weight is 212 g/mol. The van der Waals surface area contributed by atoms with Crippen molar-refractivity contribution in [3.05, 3.63) is 12.2 Å². The van der Waals surface area contributed by atoms with Gasteiger partial charge in [-0.25, -0.2) is 9.67 Å². The Balaban J connectivity index is 1.83. The molecular formula is C9H16N4S. The second kappa shape index (κ2) is 4.79. The number of thioether (sulfide) groups is 1. The summed E-state index contributed by atoms with van der Waals surface area (Å²) in [5.74, 6) is 2.16. The molecule has 1 aliphatic rings. The van der Waals surface area contributed by atoms with Crippen LogP contribution in [0.5, 0.6) is 0 Å². The van der Waals surface area contributed by atoms with Gasteiger partial charge in [0.05, 0.1) is 13.1 Å². The van der Waals surface area contributed by atoms with E-state index in [0.717, 1.165) is 30.7 Å². The molecule has 1 fully saturated rings. The number of rotatable bonds is 6. The lowest BCUT2D eigenvalue weighted by Gasteiger charge is -2.05. The highest BCUT2D eigenvalue weighted by atomic mass is 32.2. The van der Waals surface area contributed by atoms with Crippen molar-refractivity contribution in [2.24, 2.45) is 0 Å². The van der Waals surface area contributed by atoms with E-state index in [1.165, 1.54) is 12.8 Å². The molecule has 1 N–H and O–H groups in total. The van der Waals surface area contributed by atoms with Crippen LogP contribution in [0.15, 0.2) is 6.33 Å². The molecule has 1 saturated carbocycles. The van der Waals surface area contributed by atoms with Crippen molar-refractivity contribution in [3.63, 3.8) is 0 Å². The Morgan fingerprint density at radius 2 is 2.50 bits per heavy atom. The number of hydrogen-bond acceptors (Lipinski definition) is 4. The first-order chi connectivity index (χ1) is 6.90. The van der Waals surface area contributed by atoms with Gasteiger partial charge in [0.15, 0.2) is 0 Å². The Hall–Kier alpha value is -0.550. The zero-order chi connectivity index (χ0) is 9.80. The summed E-state index contributed by atoms with van der Waals surface area (Å²) in [5, 5.41) is 7.65. The third-order valence-corrected chi connectivity index (χ3v) is 2.92. The topological polar surface area (TPSA) is 42.7 Å². The van der Waals surface area contributed by atoms with Gasteiger partial charge in [-0.15, -0.1) is 0 Å². The molecule has 4 nitrogen and oxygen atoms in total.